The Morgan fingerprint density at radius 1 is 1.29 bits per heavy atom. The molecule has 1 aromatic carbocycles. The number of para-hydroxylation sites is 2. The van der Waals surface area contributed by atoms with Crippen molar-refractivity contribution in [2.75, 3.05) is 11.9 Å². The maximum atomic E-state index is 5.61. The molecule has 74 valence electrons. The second-order valence-electron chi connectivity index (χ2n) is 3.67. The minimum atomic E-state index is 0.392. The summed E-state index contributed by atoms with van der Waals surface area (Å²) in [6.45, 7) is 4.21. The first-order valence-electron chi connectivity index (χ1n) is 4.77. The second kappa shape index (κ2) is 3.33. The summed E-state index contributed by atoms with van der Waals surface area (Å²) < 4.78 is 5.61. The van der Waals surface area contributed by atoms with Crippen LogP contribution in [-0.2, 0) is 0 Å². The van der Waals surface area contributed by atoms with Crippen molar-refractivity contribution in [3.8, 4) is 0 Å². The molecule has 0 radical (unpaired) electrons. The molecule has 0 fully saturated rings. The van der Waals surface area contributed by atoms with E-state index in [1.807, 2.05) is 36.2 Å². The number of nitrogens with zero attached hydrogens (tertiary/aromatic N) is 2. The average molecular weight is 190 g/mol. The predicted molar refractivity (Wildman–Crippen MR) is 57.5 cm³/mol. The van der Waals surface area contributed by atoms with E-state index in [9.17, 15) is 0 Å². The summed E-state index contributed by atoms with van der Waals surface area (Å²) in [6.07, 6.45) is 0. The number of hydrogen-bond acceptors (Lipinski definition) is 3. The van der Waals surface area contributed by atoms with Crippen LogP contribution in [0, 0.1) is 0 Å². The van der Waals surface area contributed by atoms with Crippen molar-refractivity contribution in [3.63, 3.8) is 0 Å². The molecule has 0 unspecified atom stereocenters. The van der Waals surface area contributed by atoms with Crippen LogP contribution < -0.4 is 4.90 Å². The lowest BCUT2D eigenvalue weighted by Gasteiger charge is -2.18. The van der Waals surface area contributed by atoms with Crippen LogP contribution in [0.2, 0.25) is 0 Å². The quantitative estimate of drug-likeness (QED) is 0.729. The van der Waals surface area contributed by atoms with Crippen LogP contribution in [0.15, 0.2) is 28.7 Å². The molecule has 0 aliphatic rings. The summed E-state index contributed by atoms with van der Waals surface area (Å²) in [5.74, 6) is 0. The van der Waals surface area contributed by atoms with Crippen molar-refractivity contribution in [3.05, 3.63) is 24.3 Å². The maximum absolute atomic E-state index is 5.61. The zero-order valence-corrected chi connectivity index (χ0v) is 8.69. The molecule has 0 atom stereocenters. The van der Waals surface area contributed by atoms with E-state index in [1.54, 1.807) is 0 Å². The highest BCUT2D eigenvalue weighted by atomic mass is 16.4. The highest BCUT2D eigenvalue weighted by molar-refractivity contribution is 5.74. The molecule has 1 aromatic heterocycles. The van der Waals surface area contributed by atoms with E-state index in [0.29, 0.717) is 12.1 Å². The van der Waals surface area contributed by atoms with Gasteiger partial charge in [-0.1, -0.05) is 12.1 Å². The minimum absolute atomic E-state index is 0.392. The molecule has 0 saturated carbocycles. The van der Waals surface area contributed by atoms with Crippen LogP contribution in [-0.4, -0.2) is 18.1 Å². The molecule has 2 aromatic rings. The molecule has 14 heavy (non-hydrogen) atoms. The van der Waals surface area contributed by atoms with Crippen LogP contribution >= 0.6 is 0 Å². The fourth-order valence-electron chi connectivity index (χ4n) is 1.23. The van der Waals surface area contributed by atoms with Crippen LogP contribution in [0.5, 0.6) is 0 Å². The molecule has 0 N–H and O–H groups in total. The summed E-state index contributed by atoms with van der Waals surface area (Å²) in [5.41, 5.74) is 1.75. The number of aromatic nitrogens is 1. The monoisotopic (exact) mass is 190 g/mol. The SMILES string of the molecule is CC(C)N(C)c1nc2ccccc2o1. The third kappa shape index (κ3) is 1.45. The Morgan fingerprint density at radius 2 is 2.00 bits per heavy atom. The van der Waals surface area contributed by atoms with Crippen LogP contribution in [0.4, 0.5) is 6.01 Å². The van der Waals surface area contributed by atoms with Gasteiger partial charge in [-0.15, -0.1) is 0 Å². The van der Waals surface area contributed by atoms with Gasteiger partial charge in [-0.05, 0) is 26.0 Å². The Hall–Kier alpha value is -1.51. The van der Waals surface area contributed by atoms with Gasteiger partial charge < -0.3 is 9.32 Å². The molecule has 0 aliphatic heterocycles. The highest BCUT2D eigenvalue weighted by Gasteiger charge is 2.11. The van der Waals surface area contributed by atoms with E-state index in [4.69, 9.17) is 4.42 Å². The normalized spacial score (nSPS) is 11.1. The lowest BCUT2D eigenvalue weighted by atomic mass is 10.3. The fraction of sp³-hybridized carbons (Fsp3) is 0.364. The van der Waals surface area contributed by atoms with Crippen molar-refractivity contribution < 1.29 is 4.42 Å². The second-order valence-corrected chi connectivity index (χ2v) is 3.67. The van der Waals surface area contributed by atoms with Gasteiger partial charge in [-0.2, -0.15) is 4.98 Å². The molecule has 0 saturated heterocycles. The number of oxazole rings is 1. The summed E-state index contributed by atoms with van der Waals surface area (Å²) in [4.78, 5) is 6.41. The van der Waals surface area contributed by atoms with Gasteiger partial charge in [0.15, 0.2) is 5.58 Å². The van der Waals surface area contributed by atoms with Crippen LogP contribution in [0.25, 0.3) is 11.1 Å². The number of fused-ring (bicyclic) bond motifs is 1. The molecule has 1 heterocycles. The van der Waals surface area contributed by atoms with Crippen molar-refractivity contribution in [1.29, 1.82) is 0 Å². The van der Waals surface area contributed by atoms with Gasteiger partial charge in [-0.3, -0.25) is 0 Å². The van der Waals surface area contributed by atoms with E-state index >= 15 is 0 Å². The molecule has 0 spiro atoms. The summed E-state index contributed by atoms with van der Waals surface area (Å²) in [6, 6.07) is 8.87. The fourth-order valence-corrected chi connectivity index (χ4v) is 1.23. The maximum Gasteiger partial charge on any atom is 0.298 e. The summed E-state index contributed by atoms with van der Waals surface area (Å²) in [5, 5.41) is 0. The van der Waals surface area contributed by atoms with E-state index in [2.05, 4.69) is 18.8 Å². The standard InChI is InChI=1S/C11H14N2O/c1-8(2)13(3)11-12-9-6-4-5-7-10(9)14-11/h4-8H,1-3H3. The van der Waals surface area contributed by atoms with E-state index < -0.39 is 0 Å². The van der Waals surface area contributed by atoms with Crippen molar-refractivity contribution in [1.82, 2.24) is 4.98 Å². The van der Waals surface area contributed by atoms with E-state index in [0.717, 1.165) is 11.1 Å². The number of anilines is 1. The topological polar surface area (TPSA) is 29.3 Å². The third-order valence-electron chi connectivity index (χ3n) is 2.36. The molecule has 2 rings (SSSR count). The largest absolute Gasteiger partial charge is 0.423 e. The smallest absolute Gasteiger partial charge is 0.298 e. The number of hydrogen-bond donors (Lipinski definition) is 0. The molecular formula is C11H14N2O. The zero-order valence-electron chi connectivity index (χ0n) is 8.69. The Kier molecular flexibility index (Phi) is 2.15. The lowest BCUT2D eigenvalue weighted by Crippen LogP contribution is -2.25. The molecule has 0 aliphatic carbocycles. The Labute approximate surface area is 83.3 Å². The first-order chi connectivity index (χ1) is 6.68. The zero-order chi connectivity index (χ0) is 10.1. The average Bonchev–Trinajstić information content (AvgIpc) is 2.59. The highest BCUT2D eigenvalue weighted by Crippen LogP contribution is 2.21. The van der Waals surface area contributed by atoms with Crippen molar-refractivity contribution in [2.45, 2.75) is 19.9 Å². The Balaban J connectivity index is 2.45. The first-order valence-corrected chi connectivity index (χ1v) is 4.77. The van der Waals surface area contributed by atoms with Gasteiger partial charge in [0.1, 0.15) is 5.52 Å². The van der Waals surface area contributed by atoms with Gasteiger partial charge in [0.25, 0.3) is 6.01 Å². The molecular weight excluding hydrogens is 176 g/mol. The van der Waals surface area contributed by atoms with Gasteiger partial charge in [0.05, 0.1) is 0 Å². The third-order valence-corrected chi connectivity index (χ3v) is 2.36. The molecule has 0 amide bonds. The van der Waals surface area contributed by atoms with E-state index in [1.165, 1.54) is 0 Å². The molecule has 0 bridgehead atoms. The first kappa shape index (κ1) is 9.06. The van der Waals surface area contributed by atoms with Crippen LogP contribution in [0.1, 0.15) is 13.8 Å². The van der Waals surface area contributed by atoms with Gasteiger partial charge >= 0.3 is 0 Å². The predicted octanol–water partition coefficient (Wildman–Crippen LogP) is 2.67. The Morgan fingerprint density at radius 3 is 2.64 bits per heavy atom. The Bertz CT molecular complexity index is 401. The molecule has 3 heteroatoms. The van der Waals surface area contributed by atoms with Crippen molar-refractivity contribution >= 4 is 17.1 Å². The molecule has 3 nitrogen and oxygen atoms in total. The van der Waals surface area contributed by atoms with Gasteiger partial charge in [-0.25, -0.2) is 0 Å². The lowest BCUT2D eigenvalue weighted by molar-refractivity contribution is 0.561. The summed E-state index contributed by atoms with van der Waals surface area (Å²) >= 11 is 0. The van der Waals surface area contributed by atoms with Crippen molar-refractivity contribution in [2.24, 2.45) is 0 Å². The number of benzene rings is 1. The van der Waals surface area contributed by atoms with Gasteiger partial charge in [0.2, 0.25) is 0 Å². The van der Waals surface area contributed by atoms with E-state index in [-0.39, 0.29) is 0 Å². The van der Waals surface area contributed by atoms with Crippen LogP contribution in [0.3, 0.4) is 0 Å². The summed E-state index contributed by atoms with van der Waals surface area (Å²) in [7, 11) is 1.98. The minimum Gasteiger partial charge on any atom is -0.423 e. The van der Waals surface area contributed by atoms with Gasteiger partial charge in [0, 0.05) is 13.1 Å². The number of rotatable bonds is 2.